The second kappa shape index (κ2) is 47.0. The van der Waals surface area contributed by atoms with Crippen molar-refractivity contribution in [2.75, 3.05) is 59.0 Å². The van der Waals surface area contributed by atoms with Crippen LogP contribution in [0.2, 0.25) is 0 Å². The number of nitrogen functional groups attached to an aromatic ring is 2. The number of carbonyl (C=O) groups is 10. The van der Waals surface area contributed by atoms with Gasteiger partial charge in [0.25, 0.3) is 5.56 Å². The molecule has 92 heavy (non-hydrogen) atoms. The molecule has 6 aromatic rings. The summed E-state index contributed by atoms with van der Waals surface area (Å²) in [5.41, 5.74) is 25.8. The van der Waals surface area contributed by atoms with Gasteiger partial charge in [-0.05, 0) is 153 Å². The molecule has 1 fully saturated rings. The molecule has 1 aliphatic rings. The number of aromatic amines is 1. The Morgan fingerprint density at radius 1 is 0.587 bits per heavy atom. The molecule has 2 heterocycles. The quantitative estimate of drug-likeness (QED) is 0.00881. The van der Waals surface area contributed by atoms with Gasteiger partial charge in [0.15, 0.2) is 0 Å². The molecule has 1 saturated heterocycles. The molecule has 1 aliphatic heterocycles. The predicted octanol–water partition coefficient (Wildman–Crippen LogP) is 9.52. The fraction of sp³-hybridized carbons (Fsp3) is 0.318. The Labute approximate surface area is 546 Å². The Morgan fingerprint density at radius 3 is 1.23 bits per heavy atom. The van der Waals surface area contributed by atoms with Crippen LogP contribution in [-0.2, 0) is 78.1 Å². The number of nitrogens with one attached hydrogen (secondary N) is 1. The van der Waals surface area contributed by atoms with Gasteiger partial charge in [0.1, 0.15) is 18.2 Å². The second-order valence-electron chi connectivity index (χ2n) is 19.2. The van der Waals surface area contributed by atoms with E-state index in [9.17, 15) is 52.7 Å². The highest BCUT2D eigenvalue weighted by Crippen LogP contribution is 2.14. The normalized spacial score (nSPS) is 10.2. The van der Waals surface area contributed by atoms with Gasteiger partial charge in [0.05, 0.1) is 75.1 Å². The summed E-state index contributed by atoms with van der Waals surface area (Å²) < 4.78 is 27.3. The van der Waals surface area contributed by atoms with E-state index < -0.39 is 5.97 Å². The topological polar surface area (TPSA) is 380 Å². The van der Waals surface area contributed by atoms with Crippen LogP contribution in [0.4, 0.5) is 11.8 Å². The number of Topliss-reactive ketones (excluding diaryl/α,β-unsaturated/α-hetero) is 2. The maximum Gasteiger partial charge on any atom is 0.337 e. The molecule has 26 heteroatoms. The van der Waals surface area contributed by atoms with Crippen molar-refractivity contribution in [3.8, 4) is 0 Å². The van der Waals surface area contributed by atoms with Crippen LogP contribution in [0, 0.1) is 6.92 Å². The van der Waals surface area contributed by atoms with Crippen LogP contribution in [0.25, 0.3) is 5.53 Å². The average molecular weight is 1360 g/mol. The van der Waals surface area contributed by atoms with Gasteiger partial charge in [-0.25, -0.2) is 24.0 Å². The number of ketones is 2. The smallest absolute Gasteiger partial charge is 0.337 e. The summed E-state index contributed by atoms with van der Waals surface area (Å²) in [6.45, 7) is 2.57. The summed E-state index contributed by atoms with van der Waals surface area (Å²) in [7, 11) is 6.76. The number of alkyl halides is 1. The lowest BCUT2D eigenvalue weighted by molar-refractivity contribution is -0.157. The minimum atomic E-state index is -0.802. The number of carboxylic acids is 1. The molecule has 24 nitrogen and oxygen atoms in total. The Morgan fingerprint density at radius 2 is 0.935 bits per heavy atom. The molecule has 5 aromatic carbocycles. The number of nitrogens with zero attached hydrogens (tertiary/aromatic N) is 3. The predicted molar refractivity (Wildman–Crippen MR) is 347 cm³/mol. The number of H-pyrrole nitrogens is 1. The van der Waals surface area contributed by atoms with Gasteiger partial charge in [0, 0.05) is 31.7 Å². The molecule has 492 valence electrons. The molecule has 0 atom stereocenters. The van der Waals surface area contributed by atoms with Gasteiger partial charge < -0.3 is 50.5 Å². The number of aryl methyl sites for hydroxylation is 5. The van der Waals surface area contributed by atoms with Crippen molar-refractivity contribution in [1.29, 1.82) is 0 Å². The number of aromatic nitrogens is 2. The van der Waals surface area contributed by atoms with Crippen LogP contribution in [0.1, 0.15) is 137 Å². The molecule has 0 amide bonds. The molecular formula is C66H76BrClN6O18. The molecular weight excluding hydrogens is 1280 g/mol. The standard InChI is InChI=1S/C13H15BrO3.C13H14N2O3.C12H13ClO3.C12H14O4.C9H10O2.C4H6N4O.C3H4O2/c1-17-13(16)11-6-2-4-10(8-11)5-3-7-12(15)9-14;1-18-13(17)11-6-2-4-10(8-11)5-3-7-12(16)9-15-14;2*1-16-12(15)10-6-2-4-9(8-10)5-3-7-11(13)14;1-7-4-3-5-8(6-7)9(10)11-2;5-2-1-3(9)8-4(6)7-2;4-3-1-2-5-3/h2,4,6,8H,3,5,7,9H2,1H3;2,4,6,8-9H,3,5,7H2,1H3;2,4,6,8H,3,5,7H2,1H3;2,4,6,8H,3,5,7H2,1H3,(H,13,14);3-6H,1-2H3;1H,(H5,5,6,7,8,9);1-2H2. The van der Waals surface area contributed by atoms with E-state index in [0.29, 0.717) is 97.5 Å². The van der Waals surface area contributed by atoms with E-state index in [1.54, 1.807) is 72.8 Å². The number of esters is 6. The zero-order chi connectivity index (χ0) is 68.8. The van der Waals surface area contributed by atoms with Crippen LogP contribution in [0.15, 0.2) is 132 Å². The number of cyclic esters (lactones) is 1. The third-order valence-electron chi connectivity index (χ3n) is 12.0. The van der Waals surface area contributed by atoms with E-state index in [2.05, 4.69) is 59.1 Å². The number of aliphatic carboxylic acids is 1. The first kappa shape index (κ1) is 80.0. The molecule has 6 N–H and O–H groups in total. The summed E-state index contributed by atoms with van der Waals surface area (Å²) in [4.78, 5) is 128. The maximum atomic E-state index is 11.3. The Hall–Kier alpha value is -9.97. The van der Waals surface area contributed by atoms with Crippen LogP contribution >= 0.6 is 27.5 Å². The highest BCUT2D eigenvalue weighted by Gasteiger charge is 2.12. The van der Waals surface area contributed by atoms with Crippen molar-refractivity contribution in [1.82, 2.24) is 9.97 Å². The number of carbonyl (C=O) groups excluding carboxylic acids is 9. The number of methoxy groups -OCH3 is 5. The number of carboxylic acid groups (broad SMARTS) is 1. The number of benzene rings is 5. The average Bonchev–Trinajstić information content (AvgIpc) is 3.00. The Balaban J connectivity index is 0.000000549. The van der Waals surface area contributed by atoms with E-state index >= 15 is 0 Å². The lowest BCUT2D eigenvalue weighted by atomic mass is 10.0. The largest absolute Gasteiger partial charge is 0.481 e. The zero-order valence-corrected chi connectivity index (χ0v) is 54.3. The SMILES string of the molecule is COC(=O)c1cccc(C)c1.COC(=O)c1cccc(CCCC(=O)C=[N+]=[N-])c1.COC(=O)c1cccc(CCCC(=O)CBr)c1.COC(=O)c1cccc(CCCC(=O)Cl)c1.COC(=O)c1cccc(CCCC(=O)O)c1.Nc1cc(=O)[nH]c(N)n1.O=C1CCO1. The van der Waals surface area contributed by atoms with Crippen LogP contribution in [-0.4, -0.2) is 132 Å². The molecule has 0 bridgehead atoms. The lowest BCUT2D eigenvalue weighted by Gasteiger charge is -2.09. The van der Waals surface area contributed by atoms with Crippen LogP contribution in [0.5, 0.6) is 0 Å². The van der Waals surface area contributed by atoms with Crippen molar-refractivity contribution >= 4 is 104 Å². The minimum Gasteiger partial charge on any atom is -0.481 e. The fourth-order valence-electron chi connectivity index (χ4n) is 7.49. The molecule has 0 radical (unpaired) electrons. The van der Waals surface area contributed by atoms with Gasteiger partial charge >= 0.3 is 48.0 Å². The summed E-state index contributed by atoms with van der Waals surface area (Å²) in [5, 5.41) is 8.58. The van der Waals surface area contributed by atoms with Crippen molar-refractivity contribution in [2.45, 2.75) is 90.4 Å². The first-order chi connectivity index (χ1) is 43.9. The molecule has 7 rings (SSSR count). The van der Waals surface area contributed by atoms with Gasteiger partial charge in [0.2, 0.25) is 17.0 Å². The van der Waals surface area contributed by atoms with Gasteiger partial charge in [-0.3, -0.25) is 33.8 Å². The van der Waals surface area contributed by atoms with E-state index in [1.807, 2.05) is 55.5 Å². The number of ether oxygens (including phenoxy) is 6. The number of anilines is 2. The van der Waals surface area contributed by atoms with Crippen LogP contribution in [0.3, 0.4) is 0 Å². The highest BCUT2D eigenvalue weighted by molar-refractivity contribution is 9.09. The minimum absolute atomic E-state index is 0.0417. The van der Waals surface area contributed by atoms with Gasteiger partial charge in [-0.2, -0.15) is 9.77 Å². The van der Waals surface area contributed by atoms with E-state index in [4.69, 9.17) is 33.7 Å². The zero-order valence-electron chi connectivity index (χ0n) is 51.9. The monoisotopic (exact) mass is 1350 g/mol. The van der Waals surface area contributed by atoms with E-state index in [-0.39, 0.29) is 76.4 Å². The van der Waals surface area contributed by atoms with Crippen molar-refractivity contribution in [2.24, 2.45) is 0 Å². The third-order valence-corrected chi connectivity index (χ3v) is 12.9. The number of hydrogen-bond acceptors (Lipinski definition) is 20. The number of rotatable bonds is 23. The number of nitrogens with two attached hydrogens (primary N) is 2. The van der Waals surface area contributed by atoms with Crippen molar-refractivity contribution < 1.29 is 86.3 Å². The molecule has 0 spiro atoms. The number of hydrogen-bond donors (Lipinski definition) is 4. The first-order valence-electron chi connectivity index (χ1n) is 28.2. The summed E-state index contributed by atoms with van der Waals surface area (Å²) in [5.74, 6) is -2.42. The number of halogens is 2. The van der Waals surface area contributed by atoms with Gasteiger partial charge in [-0.1, -0.05) is 82.2 Å². The molecule has 0 unspecified atom stereocenters. The summed E-state index contributed by atoms with van der Waals surface area (Å²) in [6.07, 6.45) is 8.43. The van der Waals surface area contributed by atoms with Crippen molar-refractivity contribution in [3.63, 3.8) is 0 Å². The van der Waals surface area contributed by atoms with E-state index in [1.165, 1.54) is 35.5 Å². The van der Waals surface area contributed by atoms with Crippen molar-refractivity contribution in [3.05, 3.63) is 199 Å². The first-order valence-corrected chi connectivity index (χ1v) is 29.7. The van der Waals surface area contributed by atoms with Gasteiger partial charge in [-0.15, -0.1) is 0 Å². The highest BCUT2D eigenvalue weighted by atomic mass is 79.9. The fourth-order valence-corrected chi connectivity index (χ4v) is 7.90. The second-order valence-corrected chi connectivity index (χ2v) is 20.2. The third kappa shape index (κ3) is 36.5. The van der Waals surface area contributed by atoms with Crippen LogP contribution < -0.4 is 17.0 Å². The Bertz CT molecular complexity index is 3390. The maximum absolute atomic E-state index is 11.3. The lowest BCUT2D eigenvalue weighted by Crippen LogP contribution is -2.18. The molecule has 0 aliphatic carbocycles. The Kier molecular flexibility index (Phi) is 40.9. The summed E-state index contributed by atoms with van der Waals surface area (Å²) in [6, 6.07) is 37.1. The van der Waals surface area contributed by atoms with E-state index in [0.717, 1.165) is 59.4 Å². The summed E-state index contributed by atoms with van der Waals surface area (Å²) >= 11 is 8.37. The molecule has 1 aromatic heterocycles. The molecule has 0 saturated carbocycles.